The maximum Gasteiger partial charge on any atom is 0.128 e. The van der Waals surface area contributed by atoms with Crippen LogP contribution in [0.25, 0.3) is 0 Å². The van der Waals surface area contributed by atoms with E-state index in [0.717, 1.165) is 31.7 Å². The number of unbranched alkanes of at least 4 members (excludes halogenated alkanes) is 1. The average molecular weight is 242 g/mol. The predicted molar refractivity (Wildman–Crippen MR) is 71.1 cm³/mol. The fourth-order valence-electron chi connectivity index (χ4n) is 1.71. The van der Waals surface area contributed by atoms with Crippen LogP contribution in [0.15, 0.2) is 48.8 Å². The molecule has 0 unspecified atom stereocenters. The van der Waals surface area contributed by atoms with Crippen molar-refractivity contribution in [3.05, 3.63) is 60.2 Å². The predicted octanol–water partition coefficient (Wildman–Crippen LogP) is 3.02. The van der Waals surface area contributed by atoms with Crippen LogP contribution in [0.1, 0.15) is 24.2 Å². The molecule has 0 aliphatic heterocycles. The Labute approximate surface area is 108 Å². The lowest BCUT2D eigenvalue weighted by molar-refractivity contribution is 0.117. The van der Waals surface area contributed by atoms with Crippen molar-refractivity contribution in [3.63, 3.8) is 0 Å². The standard InChI is InChI=1S/C15H18N2O/c1-2-7-14(8-3-1)13-18-12-5-4-9-15-16-10-6-11-17-15/h1-3,6-8,10-11H,4-5,9,12-13H2. The summed E-state index contributed by atoms with van der Waals surface area (Å²) >= 11 is 0. The Kier molecular flexibility index (Phi) is 5.34. The Morgan fingerprint density at radius 3 is 2.44 bits per heavy atom. The molecule has 0 N–H and O–H groups in total. The molecule has 1 aromatic heterocycles. The molecule has 2 aromatic rings. The molecule has 2 rings (SSSR count). The molecule has 0 atom stereocenters. The topological polar surface area (TPSA) is 35.0 Å². The summed E-state index contributed by atoms with van der Waals surface area (Å²) < 4.78 is 5.62. The van der Waals surface area contributed by atoms with Crippen molar-refractivity contribution in [2.75, 3.05) is 6.61 Å². The summed E-state index contributed by atoms with van der Waals surface area (Å²) in [4.78, 5) is 8.38. The Balaban J connectivity index is 1.54. The van der Waals surface area contributed by atoms with Crippen LogP contribution in [-0.2, 0) is 17.8 Å². The summed E-state index contributed by atoms with van der Waals surface area (Å²) in [5.74, 6) is 0.917. The Morgan fingerprint density at radius 1 is 0.889 bits per heavy atom. The molecular weight excluding hydrogens is 224 g/mol. The lowest BCUT2D eigenvalue weighted by atomic mass is 10.2. The summed E-state index contributed by atoms with van der Waals surface area (Å²) in [5.41, 5.74) is 1.23. The van der Waals surface area contributed by atoms with E-state index in [1.165, 1.54) is 5.56 Å². The highest BCUT2D eigenvalue weighted by Gasteiger charge is 1.96. The maximum atomic E-state index is 5.62. The van der Waals surface area contributed by atoms with Crippen molar-refractivity contribution in [2.45, 2.75) is 25.9 Å². The molecule has 0 bridgehead atoms. The first-order valence-electron chi connectivity index (χ1n) is 6.33. The van der Waals surface area contributed by atoms with Crippen LogP contribution >= 0.6 is 0 Å². The SMILES string of the molecule is c1ccc(COCCCCc2ncccn2)cc1. The van der Waals surface area contributed by atoms with Gasteiger partial charge in [0.1, 0.15) is 5.82 Å². The first kappa shape index (κ1) is 12.7. The van der Waals surface area contributed by atoms with E-state index in [2.05, 4.69) is 22.1 Å². The average Bonchev–Trinajstić information content (AvgIpc) is 2.45. The number of ether oxygens (including phenoxy) is 1. The molecule has 0 saturated heterocycles. The third kappa shape index (κ3) is 4.63. The Morgan fingerprint density at radius 2 is 1.67 bits per heavy atom. The van der Waals surface area contributed by atoms with E-state index in [4.69, 9.17) is 4.74 Å². The van der Waals surface area contributed by atoms with Crippen molar-refractivity contribution >= 4 is 0 Å². The van der Waals surface area contributed by atoms with Crippen molar-refractivity contribution in [1.82, 2.24) is 9.97 Å². The van der Waals surface area contributed by atoms with Gasteiger partial charge in [0.05, 0.1) is 6.61 Å². The van der Waals surface area contributed by atoms with Gasteiger partial charge in [0.25, 0.3) is 0 Å². The molecule has 0 amide bonds. The zero-order valence-corrected chi connectivity index (χ0v) is 10.5. The molecule has 18 heavy (non-hydrogen) atoms. The van der Waals surface area contributed by atoms with E-state index in [0.29, 0.717) is 6.61 Å². The molecule has 0 aliphatic carbocycles. The fraction of sp³-hybridized carbons (Fsp3) is 0.333. The van der Waals surface area contributed by atoms with E-state index in [1.807, 2.05) is 24.3 Å². The monoisotopic (exact) mass is 242 g/mol. The minimum atomic E-state index is 0.697. The summed E-state index contributed by atoms with van der Waals surface area (Å²) in [6.07, 6.45) is 6.61. The molecule has 1 heterocycles. The van der Waals surface area contributed by atoms with E-state index in [9.17, 15) is 0 Å². The molecule has 1 aromatic carbocycles. The van der Waals surface area contributed by atoms with Gasteiger partial charge in [-0.15, -0.1) is 0 Å². The third-order valence-corrected chi connectivity index (χ3v) is 2.67. The van der Waals surface area contributed by atoms with Crippen molar-refractivity contribution in [1.29, 1.82) is 0 Å². The molecule has 0 saturated carbocycles. The van der Waals surface area contributed by atoms with Crippen LogP contribution in [-0.4, -0.2) is 16.6 Å². The van der Waals surface area contributed by atoms with Crippen LogP contribution in [0.2, 0.25) is 0 Å². The summed E-state index contributed by atoms with van der Waals surface area (Å²) in [5, 5.41) is 0. The second kappa shape index (κ2) is 7.56. The highest BCUT2D eigenvalue weighted by Crippen LogP contribution is 2.03. The van der Waals surface area contributed by atoms with Gasteiger partial charge in [-0.25, -0.2) is 9.97 Å². The number of hydrogen-bond donors (Lipinski definition) is 0. The lowest BCUT2D eigenvalue weighted by Gasteiger charge is -2.04. The number of aromatic nitrogens is 2. The van der Waals surface area contributed by atoms with Gasteiger partial charge in [-0.05, 0) is 24.5 Å². The number of rotatable bonds is 7. The molecule has 0 radical (unpaired) electrons. The van der Waals surface area contributed by atoms with E-state index < -0.39 is 0 Å². The fourth-order valence-corrected chi connectivity index (χ4v) is 1.71. The van der Waals surface area contributed by atoms with E-state index in [1.54, 1.807) is 12.4 Å². The molecule has 94 valence electrons. The van der Waals surface area contributed by atoms with Gasteiger partial charge >= 0.3 is 0 Å². The van der Waals surface area contributed by atoms with Gasteiger partial charge in [-0.2, -0.15) is 0 Å². The first-order valence-corrected chi connectivity index (χ1v) is 6.33. The molecule has 3 nitrogen and oxygen atoms in total. The zero-order valence-electron chi connectivity index (χ0n) is 10.5. The summed E-state index contributed by atoms with van der Waals surface area (Å²) in [6.45, 7) is 1.49. The van der Waals surface area contributed by atoms with Crippen LogP contribution in [0.4, 0.5) is 0 Å². The second-order valence-corrected chi connectivity index (χ2v) is 4.16. The maximum absolute atomic E-state index is 5.62. The molecule has 3 heteroatoms. The van der Waals surface area contributed by atoms with Gasteiger partial charge in [-0.3, -0.25) is 0 Å². The normalized spacial score (nSPS) is 10.4. The lowest BCUT2D eigenvalue weighted by Crippen LogP contribution is -1.98. The third-order valence-electron chi connectivity index (χ3n) is 2.67. The van der Waals surface area contributed by atoms with Crippen molar-refractivity contribution < 1.29 is 4.74 Å². The number of benzene rings is 1. The molecule has 0 fully saturated rings. The highest BCUT2D eigenvalue weighted by atomic mass is 16.5. The minimum Gasteiger partial charge on any atom is -0.377 e. The van der Waals surface area contributed by atoms with Crippen molar-refractivity contribution in [3.8, 4) is 0 Å². The summed E-state index contributed by atoms with van der Waals surface area (Å²) in [6, 6.07) is 12.1. The second-order valence-electron chi connectivity index (χ2n) is 4.16. The van der Waals surface area contributed by atoms with Crippen LogP contribution in [0.3, 0.4) is 0 Å². The van der Waals surface area contributed by atoms with Gasteiger partial charge in [0.15, 0.2) is 0 Å². The Bertz CT molecular complexity index is 387. The van der Waals surface area contributed by atoms with Gasteiger partial charge in [-0.1, -0.05) is 30.3 Å². The number of aryl methyl sites for hydroxylation is 1. The van der Waals surface area contributed by atoms with Gasteiger partial charge < -0.3 is 4.74 Å². The van der Waals surface area contributed by atoms with Crippen LogP contribution in [0, 0.1) is 0 Å². The Hall–Kier alpha value is -1.74. The first-order chi connectivity index (χ1) is 8.95. The molecular formula is C15H18N2O. The summed E-state index contributed by atoms with van der Waals surface area (Å²) in [7, 11) is 0. The van der Waals surface area contributed by atoms with Crippen molar-refractivity contribution in [2.24, 2.45) is 0 Å². The highest BCUT2D eigenvalue weighted by molar-refractivity contribution is 5.13. The number of hydrogen-bond acceptors (Lipinski definition) is 3. The molecule has 0 spiro atoms. The van der Waals surface area contributed by atoms with E-state index >= 15 is 0 Å². The number of nitrogens with zero attached hydrogens (tertiary/aromatic N) is 2. The van der Waals surface area contributed by atoms with Gasteiger partial charge in [0, 0.05) is 25.4 Å². The quantitative estimate of drug-likeness (QED) is 0.700. The van der Waals surface area contributed by atoms with Gasteiger partial charge in [0.2, 0.25) is 0 Å². The van der Waals surface area contributed by atoms with E-state index in [-0.39, 0.29) is 0 Å². The molecule has 0 aliphatic rings. The van der Waals surface area contributed by atoms with Crippen LogP contribution < -0.4 is 0 Å². The smallest absolute Gasteiger partial charge is 0.128 e. The minimum absolute atomic E-state index is 0.697. The largest absolute Gasteiger partial charge is 0.377 e. The van der Waals surface area contributed by atoms with Crippen LogP contribution in [0.5, 0.6) is 0 Å². The zero-order chi connectivity index (χ0) is 12.5.